The van der Waals surface area contributed by atoms with Gasteiger partial charge < -0.3 is 5.73 Å². The maximum atomic E-state index is 11.2. The molecular weight excluding hydrogens is 192 g/mol. The van der Waals surface area contributed by atoms with E-state index in [1.165, 1.54) is 0 Å². The predicted molar refractivity (Wildman–Crippen MR) is 55.0 cm³/mol. The quantitative estimate of drug-likeness (QED) is 0.774. The van der Waals surface area contributed by atoms with Crippen LogP contribution in [0.5, 0.6) is 0 Å². The van der Waals surface area contributed by atoms with E-state index in [-0.39, 0.29) is 0 Å². The van der Waals surface area contributed by atoms with E-state index in [2.05, 4.69) is 10.1 Å². The molecule has 5 heteroatoms. The molecule has 2 aromatic rings. The molecule has 0 unspecified atom stereocenters. The van der Waals surface area contributed by atoms with E-state index in [1.54, 1.807) is 42.5 Å². The van der Waals surface area contributed by atoms with Gasteiger partial charge in [-0.2, -0.15) is 5.10 Å². The lowest BCUT2D eigenvalue weighted by molar-refractivity contribution is 0.100. The molecule has 15 heavy (non-hydrogen) atoms. The number of pyridine rings is 1. The average Bonchev–Trinajstić information content (AvgIpc) is 2.65. The minimum absolute atomic E-state index is 0.408. The third-order valence-corrected chi connectivity index (χ3v) is 2.05. The molecule has 0 aromatic carbocycles. The lowest BCUT2D eigenvalue weighted by Gasteiger charge is -2.01. The highest BCUT2D eigenvalue weighted by Gasteiger charge is 2.11. The first-order valence-corrected chi connectivity index (χ1v) is 4.42. The van der Waals surface area contributed by atoms with Crippen LogP contribution < -0.4 is 5.73 Å². The zero-order valence-electron chi connectivity index (χ0n) is 8.21. The highest BCUT2D eigenvalue weighted by Crippen LogP contribution is 2.19. The summed E-state index contributed by atoms with van der Waals surface area (Å²) in [5.74, 6) is -0.484. The van der Waals surface area contributed by atoms with Gasteiger partial charge in [-0.1, -0.05) is 0 Å². The second-order valence-corrected chi connectivity index (χ2v) is 3.17. The van der Waals surface area contributed by atoms with Crippen molar-refractivity contribution in [2.24, 2.45) is 12.8 Å². The van der Waals surface area contributed by atoms with Gasteiger partial charge in [0.15, 0.2) is 0 Å². The Hall–Kier alpha value is -2.17. The molecule has 2 heterocycles. The maximum absolute atomic E-state index is 11.2. The van der Waals surface area contributed by atoms with Crippen LogP contribution in [-0.4, -0.2) is 20.7 Å². The summed E-state index contributed by atoms with van der Waals surface area (Å²) in [6, 6.07) is 3.33. The number of carbonyl (C=O) groups excluding carboxylic acids is 1. The number of nitrogens with zero attached hydrogens (tertiary/aromatic N) is 3. The molecule has 0 saturated carbocycles. The van der Waals surface area contributed by atoms with Gasteiger partial charge in [-0.15, -0.1) is 0 Å². The van der Waals surface area contributed by atoms with Crippen molar-refractivity contribution in [3.8, 4) is 11.3 Å². The number of amides is 1. The number of hydrogen-bond donors (Lipinski definition) is 1. The Bertz CT molecular complexity index is 504. The molecular formula is C10H10N4O. The Morgan fingerprint density at radius 1 is 1.53 bits per heavy atom. The van der Waals surface area contributed by atoms with Gasteiger partial charge in [0, 0.05) is 25.0 Å². The summed E-state index contributed by atoms with van der Waals surface area (Å²) in [6.45, 7) is 0. The first kappa shape index (κ1) is 9.39. The SMILES string of the molecule is Cn1cc(-c2ncccc2C(N)=O)cn1. The molecule has 0 saturated heterocycles. The van der Waals surface area contributed by atoms with Crippen molar-refractivity contribution < 1.29 is 4.79 Å². The van der Waals surface area contributed by atoms with E-state index < -0.39 is 5.91 Å². The zero-order valence-corrected chi connectivity index (χ0v) is 8.21. The molecule has 0 aliphatic heterocycles. The van der Waals surface area contributed by atoms with Crippen LogP contribution >= 0.6 is 0 Å². The fraction of sp³-hybridized carbons (Fsp3) is 0.100. The molecule has 76 valence electrons. The summed E-state index contributed by atoms with van der Waals surface area (Å²) in [5, 5.41) is 4.02. The first-order chi connectivity index (χ1) is 7.18. The topological polar surface area (TPSA) is 73.8 Å². The van der Waals surface area contributed by atoms with Gasteiger partial charge >= 0.3 is 0 Å². The van der Waals surface area contributed by atoms with Gasteiger partial charge in [-0.25, -0.2) is 0 Å². The number of carbonyl (C=O) groups is 1. The molecule has 0 aliphatic rings. The molecule has 2 rings (SSSR count). The zero-order chi connectivity index (χ0) is 10.8. The van der Waals surface area contributed by atoms with Crippen LogP contribution in [0.4, 0.5) is 0 Å². The van der Waals surface area contributed by atoms with Crippen molar-refractivity contribution in [1.29, 1.82) is 0 Å². The predicted octanol–water partition coefficient (Wildman–Crippen LogP) is 0.581. The maximum Gasteiger partial charge on any atom is 0.250 e. The summed E-state index contributed by atoms with van der Waals surface area (Å²) < 4.78 is 1.65. The monoisotopic (exact) mass is 202 g/mol. The number of hydrogen-bond acceptors (Lipinski definition) is 3. The fourth-order valence-corrected chi connectivity index (χ4v) is 1.38. The average molecular weight is 202 g/mol. The van der Waals surface area contributed by atoms with Gasteiger partial charge in [0.05, 0.1) is 17.5 Å². The summed E-state index contributed by atoms with van der Waals surface area (Å²) >= 11 is 0. The number of aryl methyl sites for hydroxylation is 1. The van der Waals surface area contributed by atoms with Crippen molar-refractivity contribution in [2.45, 2.75) is 0 Å². The minimum Gasteiger partial charge on any atom is -0.366 e. The molecule has 0 radical (unpaired) electrons. The van der Waals surface area contributed by atoms with Crippen LogP contribution in [-0.2, 0) is 7.05 Å². The lowest BCUT2D eigenvalue weighted by atomic mass is 10.1. The Kier molecular flexibility index (Phi) is 2.21. The number of nitrogens with two attached hydrogens (primary N) is 1. The summed E-state index contributed by atoms with van der Waals surface area (Å²) in [4.78, 5) is 15.3. The normalized spacial score (nSPS) is 10.2. The number of aromatic nitrogens is 3. The second kappa shape index (κ2) is 3.53. The molecule has 0 spiro atoms. The highest BCUT2D eigenvalue weighted by molar-refractivity contribution is 5.98. The van der Waals surface area contributed by atoms with Crippen molar-refractivity contribution in [3.63, 3.8) is 0 Å². The number of primary amides is 1. The lowest BCUT2D eigenvalue weighted by Crippen LogP contribution is -2.12. The van der Waals surface area contributed by atoms with Crippen molar-refractivity contribution in [2.75, 3.05) is 0 Å². The number of rotatable bonds is 2. The van der Waals surface area contributed by atoms with E-state index in [0.717, 1.165) is 5.56 Å². The van der Waals surface area contributed by atoms with Crippen LogP contribution in [0, 0.1) is 0 Å². The Labute approximate surface area is 86.5 Å². The third-order valence-electron chi connectivity index (χ3n) is 2.05. The molecule has 2 aromatic heterocycles. The van der Waals surface area contributed by atoms with Crippen molar-refractivity contribution >= 4 is 5.91 Å². The first-order valence-electron chi connectivity index (χ1n) is 4.42. The summed E-state index contributed by atoms with van der Waals surface area (Å²) in [7, 11) is 1.80. The fourth-order valence-electron chi connectivity index (χ4n) is 1.38. The summed E-state index contributed by atoms with van der Waals surface area (Å²) in [5.41, 5.74) is 7.01. The standard InChI is InChI=1S/C10H10N4O/c1-14-6-7(5-13-14)9-8(10(11)15)3-2-4-12-9/h2-6H,1H3,(H2,11,15). The molecule has 5 nitrogen and oxygen atoms in total. The van der Waals surface area contributed by atoms with Crippen LogP contribution in [0.1, 0.15) is 10.4 Å². The van der Waals surface area contributed by atoms with E-state index in [9.17, 15) is 4.79 Å². The third kappa shape index (κ3) is 1.71. The van der Waals surface area contributed by atoms with Crippen molar-refractivity contribution in [3.05, 3.63) is 36.3 Å². The van der Waals surface area contributed by atoms with Crippen molar-refractivity contribution in [1.82, 2.24) is 14.8 Å². The van der Waals surface area contributed by atoms with E-state index in [4.69, 9.17) is 5.73 Å². The molecule has 0 atom stereocenters. The molecule has 2 N–H and O–H groups in total. The van der Waals surface area contributed by atoms with Crippen LogP contribution in [0.25, 0.3) is 11.3 Å². The Balaban J connectivity index is 2.57. The van der Waals surface area contributed by atoms with Crippen LogP contribution in [0.2, 0.25) is 0 Å². The van der Waals surface area contributed by atoms with Gasteiger partial charge in [-0.05, 0) is 12.1 Å². The second-order valence-electron chi connectivity index (χ2n) is 3.17. The minimum atomic E-state index is -0.484. The van der Waals surface area contributed by atoms with Crippen LogP contribution in [0.15, 0.2) is 30.7 Å². The van der Waals surface area contributed by atoms with Crippen LogP contribution in [0.3, 0.4) is 0 Å². The van der Waals surface area contributed by atoms with Gasteiger partial charge in [0.2, 0.25) is 0 Å². The molecule has 0 bridgehead atoms. The van der Waals surface area contributed by atoms with E-state index in [0.29, 0.717) is 11.3 Å². The largest absolute Gasteiger partial charge is 0.366 e. The summed E-state index contributed by atoms with van der Waals surface area (Å²) in [6.07, 6.45) is 5.05. The Morgan fingerprint density at radius 3 is 2.93 bits per heavy atom. The van der Waals surface area contributed by atoms with Gasteiger partial charge in [-0.3, -0.25) is 14.5 Å². The van der Waals surface area contributed by atoms with E-state index >= 15 is 0 Å². The van der Waals surface area contributed by atoms with Gasteiger partial charge in [0.25, 0.3) is 5.91 Å². The highest BCUT2D eigenvalue weighted by atomic mass is 16.1. The molecule has 0 aliphatic carbocycles. The molecule has 0 fully saturated rings. The smallest absolute Gasteiger partial charge is 0.250 e. The van der Waals surface area contributed by atoms with E-state index in [1.807, 2.05) is 0 Å². The Morgan fingerprint density at radius 2 is 2.33 bits per heavy atom. The molecule has 1 amide bonds. The van der Waals surface area contributed by atoms with Gasteiger partial charge in [0.1, 0.15) is 0 Å².